The number of fused-ring (bicyclic) bond motifs is 1. The van der Waals surface area contributed by atoms with E-state index in [1.54, 1.807) is 0 Å². The summed E-state index contributed by atoms with van der Waals surface area (Å²) in [5.41, 5.74) is 1.25. The van der Waals surface area contributed by atoms with Gasteiger partial charge in [0.25, 0.3) is 0 Å². The second-order valence-corrected chi connectivity index (χ2v) is 3.87. The van der Waals surface area contributed by atoms with Crippen LogP contribution in [-0.2, 0) is 4.79 Å². The van der Waals surface area contributed by atoms with Gasteiger partial charge in [-0.25, -0.2) is 0 Å². The van der Waals surface area contributed by atoms with E-state index in [0.29, 0.717) is 12.5 Å². The van der Waals surface area contributed by atoms with Gasteiger partial charge in [-0.15, -0.1) is 0 Å². The molecule has 1 atom stereocenters. The van der Waals surface area contributed by atoms with Crippen molar-refractivity contribution in [1.82, 2.24) is 4.57 Å². The molecule has 0 saturated heterocycles. The molecule has 78 valence electrons. The van der Waals surface area contributed by atoms with Crippen LogP contribution in [-0.4, -0.2) is 10.9 Å². The lowest BCUT2D eigenvalue weighted by atomic mass is 10.2. The Morgan fingerprint density at radius 1 is 1.33 bits per heavy atom. The molecule has 1 heterocycles. The van der Waals surface area contributed by atoms with Crippen LogP contribution < -0.4 is 0 Å². The molecule has 0 fully saturated rings. The third kappa shape index (κ3) is 1.94. The maximum Gasteiger partial charge on any atom is 0.120 e. The first kappa shape index (κ1) is 9.97. The number of carbonyl (C=O) groups excluding carboxylic acids is 1. The molecule has 0 aliphatic carbocycles. The van der Waals surface area contributed by atoms with E-state index in [9.17, 15) is 4.79 Å². The van der Waals surface area contributed by atoms with Gasteiger partial charge < -0.3 is 9.36 Å². The second kappa shape index (κ2) is 4.30. The average molecular weight is 201 g/mol. The number of benzene rings is 1. The van der Waals surface area contributed by atoms with E-state index in [2.05, 4.69) is 35.9 Å². The molecule has 0 radical (unpaired) electrons. The van der Waals surface area contributed by atoms with Crippen molar-refractivity contribution in [3.8, 4) is 0 Å². The standard InChI is InChI=1S/C13H15NO/c1-11(5-4-10-15)14-9-8-12-6-2-3-7-13(12)14/h2-3,6-11H,4-5H2,1H3. The van der Waals surface area contributed by atoms with Crippen molar-refractivity contribution in [2.45, 2.75) is 25.8 Å². The summed E-state index contributed by atoms with van der Waals surface area (Å²) in [5, 5.41) is 1.26. The Hall–Kier alpha value is -1.57. The van der Waals surface area contributed by atoms with Crippen LogP contribution >= 0.6 is 0 Å². The minimum atomic E-state index is 0.384. The number of nitrogens with zero attached hydrogens (tertiary/aromatic N) is 1. The lowest BCUT2D eigenvalue weighted by Crippen LogP contribution is -2.03. The topological polar surface area (TPSA) is 22.0 Å². The fourth-order valence-electron chi connectivity index (χ4n) is 1.94. The highest BCUT2D eigenvalue weighted by Gasteiger charge is 2.06. The molecule has 1 aromatic carbocycles. The van der Waals surface area contributed by atoms with Gasteiger partial charge in [0.1, 0.15) is 6.29 Å². The van der Waals surface area contributed by atoms with Crippen LogP contribution in [0.15, 0.2) is 36.5 Å². The molecule has 0 bridgehead atoms. The molecule has 2 aromatic rings. The third-order valence-corrected chi connectivity index (χ3v) is 2.81. The maximum absolute atomic E-state index is 10.3. The molecular weight excluding hydrogens is 186 g/mol. The summed E-state index contributed by atoms with van der Waals surface area (Å²) in [6.45, 7) is 2.15. The smallest absolute Gasteiger partial charge is 0.120 e. The minimum absolute atomic E-state index is 0.384. The minimum Gasteiger partial charge on any atom is -0.345 e. The second-order valence-electron chi connectivity index (χ2n) is 3.87. The van der Waals surface area contributed by atoms with Gasteiger partial charge in [-0.3, -0.25) is 0 Å². The van der Waals surface area contributed by atoms with Gasteiger partial charge in [0.15, 0.2) is 0 Å². The van der Waals surface area contributed by atoms with E-state index >= 15 is 0 Å². The van der Waals surface area contributed by atoms with Gasteiger partial charge >= 0.3 is 0 Å². The summed E-state index contributed by atoms with van der Waals surface area (Å²) in [6.07, 6.45) is 4.62. The summed E-state index contributed by atoms with van der Waals surface area (Å²) < 4.78 is 2.23. The lowest BCUT2D eigenvalue weighted by molar-refractivity contribution is -0.108. The SMILES string of the molecule is CC(CCC=O)n1ccc2ccccc21. The van der Waals surface area contributed by atoms with Crippen molar-refractivity contribution in [2.24, 2.45) is 0 Å². The van der Waals surface area contributed by atoms with E-state index < -0.39 is 0 Å². The Morgan fingerprint density at radius 3 is 2.93 bits per heavy atom. The van der Waals surface area contributed by atoms with Gasteiger partial charge in [0.05, 0.1) is 0 Å². The summed E-state index contributed by atoms with van der Waals surface area (Å²) in [5.74, 6) is 0. The molecule has 1 unspecified atom stereocenters. The van der Waals surface area contributed by atoms with E-state index in [-0.39, 0.29) is 0 Å². The molecule has 2 nitrogen and oxygen atoms in total. The Balaban J connectivity index is 2.30. The highest BCUT2D eigenvalue weighted by atomic mass is 16.1. The quantitative estimate of drug-likeness (QED) is 0.696. The number of aldehydes is 1. The van der Waals surface area contributed by atoms with E-state index in [1.165, 1.54) is 10.9 Å². The Labute approximate surface area is 89.5 Å². The van der Waals surface area contributed by atoms with Gasteiger partial charge in [-0.1, -0.05) is 18.2 Å². The molecule has 0 spiro atoms. The normalized spacial score (nSPS) is 12.9. The first-order valence-electron chi connectivity index (χ1n) is 5.32. The molecule has 0 amide bonds. The molecule has 1 aromatic heterocycles. The highest BCUT2D eigenvalue weighted by molar-refractivity contribution is 5.80. The summed E-state index contributed by atoms with van der Waals surface area (Å²) in [4.78, 5) is 10.3. The molecule has 2 rings (SSSR count). The molecular formula is C13H15NO. The van der Waals surface area contributed by atoms with Crippen molar-refractivity contribution < 1.29 is 4.79 Å². The Bertz CT molecular complexity index is 458. The van der Waals surface area contributed by atoms with Crippen molar-refractivity contribution in [3.05, 3.63) is 36.5 Å². The first-order chi connectivity index (χ1) is 7.33. The molecule has 2 heteroatoms. The number of hydrogen-bond acceptors (Lipinski definition) is 1. The first-order valence-corrected chi connectivity index (χ1v) is 5.32. The predicted octanol–water partition coefficient (Wildman–Crippen LogP) is 3.18. The monoisotopic (exact) mass is 201 g/mol. The van der Waals surface area contributed by atoms with Crippen LogP contribution in [0, 0.1) is 0 Å². The summed E-state index contributed by atoms with van der Waals surface area (Å²) in [7, 11) is 0. The van der Waals surface area contributed by atoms with Crippen LogP contribution in [0.2, 0.25) is 0 Å². The van der Waals surface area contributed by atoms with Crippen molar-refractivity contribution in [2.75, 3.05) is 0 Å². The van der Waals surface area contributed by atoms with Crippen LogP contribution in [0.25, 0.3) is 10.9 Å². The maximum atomic E-state index is 10.3. The zero-order valence-corrected chi connectivity index (χ0v) is 8.89. The van der Waals surface area contributed by atoms with Crippen molar-refractivity contribution in [3.63, 3.8) is 0 Å². The van der Waals surface area contributed by atoms with Gasteiger partial charge in [0, 0.05) is 24.2 Å². The molecule has 15 heavy (non-hydrogen) atoms. The predicted molar refractivity (Wildman–Crippen MR) is 61.9 cm³/mol. The third-order valence-electron chi connectivity index (χ3n) is 2.81. The average Bonchev–Trinajstić information content (AvgIpc) is 2.69. The van der Waals surface area contributed by atoms with Crippen LogP contribution in [0.5, 0.6) is 0 Å². The van der Waals surface area contributed by atoms with E-state index in [1.807, 2.05) is 12.1 Å². The Morgan fingerprint density at radius 2 is 2.13 bits per heavy atom. The number of aromatic nitrogens is 1. The fraction of sp³-hybridized carbons (Fsp3) is 0.308. The molecule has 0 saturated carbocycles. The molecule has 0 N–H and O–H groups in total. The van der Waals surface area contributed by atoms with Crippen LogP contribution in [0.1, 0.15) is 25.8 Å². The highest BCUT2D eigenvalue weighted by Crippen LogP contribution is 2.21. The number of hydrogen-bond donors (Lipinski definition) is 0. The van der Waals surface area contributed by atoms with Gasteiger partial charge in [0.2, 0.25) is 0 Å². The number of rotatable bonds is 4. The summed E-state index contributed by atoms with van der Waals surface area (Å²) >= 11 is 0. The van der Waals surface area contributed by atoms with E-state index in [4.69, 9.17) is 0 Å². The zero-order valence-electron chi connectivity index (χ0n) is 8.89. The molecule has 0 aliphatic rings. The fourth-order valence-corrected chi connectivity index (χ4v) is 1.94. The lowest BCUT2D eigenvalue weighted by Gasteiger charge is -2.13. The van der Waals surface area contributed by atoms with Gasteiger partial charge in [-0.2, -0.15) is 0 Å². The molecule has 0 aliphatic heterocycles. The number of carbonyl (C=O) groups is 1. The van der Waals surface area contributed by atoms with Crippen molar-refractivity contribution in [1.29, 1.82) is 0 Å². The van der Waals surface area contributed by atoms with Gasteiger partial charge in [-0.05, 0) is 30.9 Å². The Kier molecular flexibility index (Phi) is 2.86. The summed E-state index contributed by atoms with van der Waals surface area (Å²) in [6, 6.07) is 10.8. The van der Waals surface area contributed by atoms with Crippen molar-refractivity contribution >= 4 is 17.2 Å². The van der Waals surface area contributed by atoms with E-state index in [0.717, 1.165) is 12.7 Å². The zero-order chi connectivity index (χ0) is 10.7. The van der Waals surface area contributed by atoms with Crippen LogP contribution in [0.4, 0.5) is 0 Å². The van der Waals surface area contributed by atoms with Crippen LogP contribution in [0.3, 0.4) is 0 Å². The largest absolute Gasteiger partial charge is 0.345 e. The number of para-hydroxylation sites is 1.